The standard InChI is InChI=1S/C20H28F3N5O2/c1-3-13-9-16(20(21,22)23)28-17(24-13)10-14(25-28)15-6-4-5-7-27(15)19(30)12-8-18(29)26(2)11-12/h10,12-13,15-16,24H,3-9,11H2,1-2H3/t12-,13+,15-,16+/m0/s1. The SMILES string of the molecule is CC[C@@H]1C[C@H](C(F)(F)F)n2nc([C@@H]3CCCCN3C(=O)[C@H]3CC(=O)N(C)C3)cc2N1. The molecule has 7 nitrogen and oxygen atoms in total. The van der Waals surface area contributed by atoms with Crippen molar-refractivity contribution in [3.8, 4) is 0 Å². The Kier molecular flexibility index (Phi) is 5.44. The van der Waals surface area contributed by atoms with Crippen molar-refractivity contribution in [1.82, 2.24) is 19.6 Å². The summed E-state index contributed by atoms with van der Waals surface area (Å²) in [4.78, 5) is 28.3. The van der Waals surface area contributed by atoms with Crippen molar-refractivity contribution < 1.29 is 22.8 Å². The molecule has 4 atom stereocenters. The molecule has 1 aromatic rings. The molecule has 1 N–H and O–H groups in total. The van der Waals surface area contributed by atoms with Crippen LogP contribution in [0.5, 0.6) is 0 Å². The maximum atomic E-state index is 13.7. The van der Waals surface area contributed by atoms with Crippen molar-refractivity contribution in [2.75, 3.05) is 25.5 Å². The predicted molar refractivity (Wildman–Crippen MR) is 104 cm³/mol. The first-order chi connectivity index (χ1) is 14.2. The van der Waals surface area contributed by atoms with E-state index in [1.165, 1.54) is 0 Å². The van der Waals surface area contributed by atoms with E-state index in [1.54, 1.807) is 22.9 Å². The Hall–Kier alpha value is -2.26. The van der Waals surface area contributed by atoms with E-state index in [4.69, 9.17) is 0 Å². The quantitative estimate of drug-likeness (QED) is 0.805. The number of aromatic nitrogens is 2. The molecule has 166 valence electrons. The minimum absolute atomic E-state index is 0.0535. The number of nitrogens with one attached hydrogen (secondary N) is 1. The zero-order chi connectivity index (χ0) is 21.6. The van der Waals surface area contributed by atoms with Crippen LogP contribution >= 0.6 is 0 Å². The minimum Gasteiger partial charge on any atom is -0.367 e. The normalized spacial score (nSPS) is 29.7. The van der Waals surface area contributed by atoms with Crippen LogP contribution in [-0.4, -0.2) is 63.7 Å². The fourth-order valence-electron chi connectivity index (χ4n) is 4.87. The van der Waals surface area contributed by atoms with E-state index in [9.17, 15) is 22.8 Å². The molecule has 0 saturated carbocycles. The van der Waals surface area contributed by atoms with Gasteiger partial charge in [0.25, 0.3) is 0 Å². The largest absolute Gasteiger partial charge is 0.410 e. The monoisotopic (exact) mass is 427 g/mol. The molecule has 2 fully saturated rings. The highest BCUT2D eigenvalue weighted by Crippen LogP contribution is 2.42. The molecule has 3 aliphatic rings. The molecule has 0 aromatic carbocycles. The summed E-state index contributed by atoms with van der Waals surface area (Å²) in [6.45, 7) is 2.78. The fourth-order valence-corrected chi connectivity index (χ4v) is 4.87. The van der Waals surface area contributed by atoms with Gasteiger partial charge in [-0.2, -0.15) is 18.3 Å². The molecule has 0 radical (unpaired) electrons. The van der Waals surface area contributed by atoms with Gasteiger partial charge in [-0.25, -0.2) is 4.68 Å². The number of alkyl halides is 3. The average Bonchev–Trinajstić information content (AvgIpc) is 3.28. The number of nitrogens with zero attached hydrogens (tertiary/aromatic N) is 4. The van der Waals surface area contributed by atoms with Crippen LogP contribution in [0.15, 0.2) is 6.07 Å². The van der Waals surface area contributed by atoms with Gasteiger partial charge in [0.05, 0.1) is 17.7 Å². The topological polar surface area (TPSA) is 70.5 Å². The molecular weight excluding hydrogens is 399 g/mol. The molecule has 4 heterocycles. The van der Waals surface area contributed by atoms with Gasteiger partial charge < -0.3 is 15.1 Å². The number of halogens is 3. The third kappa shape index (κ3) is 3.76. The van der Waals surface area contributed by atoms with Gasteiger partial charge in [0.2, 0.25) is 11.8 Å². The summed E-state index contributed by atoms with van der Waals surface area (Å²) in [6.07, 6.45) is -1.28. The van der Waals surface area contributed by atoms with Gasteiger partial charge in [0.15, 0.2) is 6.04 Å². The fraction of sp³-hybridized carbons (Fsp3) is 0.750. The zero-order valence-electron chi connectivity index (χ0n) is 17.3. The van der Waals surface area contributed by atoms with Crippen LogP contribution in [0.4, 0.5) is 19.0 Å². The van der Waals surface area contributed by atoms with Crippen molar-refractivity contribution in [2.45, 2.75) is 69.8 Å². The molecule has 1 aromatic heterocycles. The van der Waals surface area contributed by atoms with Crippen LogP contribution in [0.1, 0.15) is 63.2 Å². The van der Waals surface area contributed by atoms with Gasteiger partial charge in [-0.15, -0.1) is 0 Å². The van der Waals surface area contributed by atoms with E-state index < -0.39 is 18.1 Å². The van der Waals surface area contributed by atoms with Crippen LogP contribution in [-0.2, 0) is 9.59 Å². The molecule has 30 heavy (non-hydrogen) atoms. The van der Waals surface area contributed by atoms with Gasteiger partial charge in [0.1, 0.15) is 5.82 Å². The van der Waals surface area contributed by atoms with Crippen molar-refractivity contribution in [3.05, 3.63) is 11.8 Å². The van der Waals surface area contributed by atoms with E-state index in [2.05, 4.69) is 10.4 Å². The molecule has 10 heteroatoms. The number of amides is 2. The number of hydrogen-bond donors (Lipinski definition) is 1. The lowest BCUT2D eigenvalue weighted by atomic mass is 9.96. The molecule has 3 aliphatic heterocycles. The van der Waals surface area contributed by atoms with Crippen molar-refractivity contribution in [3.63, 3.8) is 0 Å². The maximum absolute atomic E-state index is 13.7. The minimum atomic E-state index is -4.38. The highest BCUT2D eigenvalue weighted by molar-refractivity contribution is 5.89. The first-order valence-electron chi connectivity index (χ1n) is 10.7. The Morgan fingerprint density at radius 3 is 2.73 bits per heavy atom. The zero-order valence-corrected chi connectivity index (χ0v) is 17.3. The molecule has 2 saturated heterocycles. The summed E-state index contributed by atoms with van der Waals surface area (Å²) >= 11 is 0. The van der Waals surface area contributed by atoms with Crippen LogP contribution in [0.25, 0.3) is 0 Å². The summed E-state index contributed by atoms with van der Waals surface area (Å²) in [5, 5.41) is 7.51. The second kappa shape index (κ2) is 7.77. The summed E-state index contributed by atoms with van der Waals surface area (Å²) < 4.78 is 42.1. The number of anilines is 1. The Morgan fingerprint density at radius 2 is 2.10 bits per heavy atom. The lowest BCUT2D eigenvalue weighted by molar-refractivity contribution is -0.173. The third-order valence-electron chi connectivity index (χ3n) is 6.60. The van der Waals surface area contributed by atoms with Crippen molar-refractivity contribution in [1.29, 1.82) is 0 Å². The molecule has 0 bridgehead atoms. The van der Waals surface area contributed by atoms with E-state index in [1.807, 2.05) is 6.92 Å². The molecule has 2 amide bonds. The first kappa shape index (κ1) is 21.0. The summed E-state index contributed by atoms with van der Waals surface area (Å²) in [7, 11) is 1.68. The Labute approximate surface area is 173 Å². The average molecular weight is 427 g/mol. The number of carbonyl (C=O) groups is 2. The van der Waals surface area contributed by atoms with Crippen molar-refractivity contribution >= 4 is 17.6 Å². The number of likely N-dealkylation sites (tertiary alicyclic amines) is 2. The van der Waals surface area contributed by atoms with Crippen molar-refractivity contribution in [2.24, 2.45) is 5.92 Å². The lowest BCUT2D eigenvalue weighted by Gasteiger charge is -2.36. The Balaban J connectivity index is 1.62. The second-order valence-electron chi connectivity index (χ2n) is 8.66. The van der Waals surface area contributed by atoms with Crippen LogP contribution < -0.4 is 5.32 Å². The number of piperidine rings is 1. The number of hydrogen-bond acceptors (Lipinski definition) is 4. The molecule has 0 spiro atoms. The van der Waals surface area contributed by atoms with Gasteiger partial charge in [0, 0.05) is 38.7 Å². The lowest BCUT2D eigenvalue weighted by Crippen LogP contribution is -2.43. The van der Waals surface area contributed by atoms with Gasteiger partial charge in [-0.05, 0) is 32.1 Å². The van der Waals surface area contributed by atoms with E-state index >= 15 is 0 Å². The Bertz CT molecular complexity index is 824. The highest BCUT2D eigenvalue weighted by Gasteiger charge is 2.47. The van der Waals surface area contributed by atoms with Crippen LogP contribution in [0, 0.1) is 5.92 Å². The first-order valence-corrected chi connectivity index (χ1v) is 10.7. The number of rotatable bonds is 3. The molecular formula is C20H28F3N5O2. The summed E-state index contributed by atoms with van der Waals surface area (Å²) in [5.41, 5.74) is 0.495. The number of fused-ring (bicyclic) bond motifs is 1. The van der Waals surface area contributed by atoms with E-state index in [0.717, 1.165) is 17.5 Å². The van der Waals surface area contributed by atoms with Gasteiger partial charge in [-0.1, -0.05) is 6.92 Å². The molecule has 4 rings (SSSR count). The summed E-state index contributed by atoms with van der Waals surface area (Å²) in [6, 6.07) is -0.622. The maximum Gasteiger partial charge on any atom is 0.410 e. The van der Waals surface area contributed by atoms with Crippen LogP contribution in [0.3, 0.4) is 0 Å². The molecule has 0 unspecified atom stereocenters. The smallest absolute Gasteiger partial charge is 0.367 e. The summed E-state index contributed by atoms with van der Waals surface area (Å²) in [5.74, 6) is -0.192. The van der Waals surface area contributed by atoms with Gasteiger partial charge in [-0.3, -0.25) is 9.59 Å². The van der Waals surface area contributed by atoms with E-state index in [0.29, 0.717) is 37.4 Å². The van der Waals surface area contributed by atoms with Crippen LogP contribution in [0.2, 0.25) is 0 Å². The highest BCUT2D eigenvalue weighted by atomic mass is 19.4. The number of carbonyl (C=O) groups excluding carboxylic acids is 2. The van der Waals surface area contributed by atoms with E-state index in [-0.39, 0.29) is 36.7 Å². The molecule has 0 aliphatic carbocycles. The third-order valence-corrected chi connectivity index (χ3v) is 6.60. The Morgan fingerprint density at radius 1 is 1.33 bits per heavy atom. The second-order valence-corrected chi connectivity index (χ2v) is 8.66. The predicted octanol–water partition coefficient (Wildman–Crippen LogP) is 3.11. The van der Waals surface area contributed by atoms with Gasteiger partial charge >= 0.3 is 6.18 Å².